The maximum atomic E-state index is 6.09. The Morgan fingerprint density at radius 1 is 1.14 bits per heavy atom. The summed E-state index contributed by atoms with van der Waals surface area (Å²) >= 11 is 0. The van der Waals surface area contributed by atoms with Crippen LogP contribution < -0.4 is 5.32 Å². The minimum Gasteiger partial charge on any atom is -0.374 e. The van der Waals surface area contributed by atoms with Gasteiger partial charge in [-0.3, -0.25) is 0 Å². The molecule has 0 aromatic heterocycles. The summed E-state index contributed by atoms with van der Waals surface area (Å²) in [5.41, 5.74) is 2.66. The van der Waals surface area contributed by atoms with Crippen molar-refractivity contribution in [1.29, 1.82) is 0 Å². The molecule has 1 aromatic carbocycles. The normalized spacial score (nSPS) is 22.7. The average molecular weight is 289 g/mol. The van der Waals surface area contributed by atoms with Crippen LogP contribution in [0.2, 0.25) is 0 Å². The largest absolute Gasteiger partial charge is 0.374 e. The first kappa shape index (κ1) is 16.5. The number of rotatable bonds is 7. The standard InChI is InChI=1S/C19H31NO/c1-15(2)12-20-13-17-5-4-6-18(11-17)14-21-19-9-7-16(3)8-10-19/h4-6,11,15-16,19-20H,7-10,12-14H2,1-3H3. The quantitative estimate of drug-likeness (QED) is 0.796. The molecule has 0 atom stereocenters. The van der Waals surface area contributed by atoms with Crippen LogP contribution in [0.3, 0.4) is 0 Å². The summed E-state index contributed by atoms with van der Waals surface area (Å²) in [6.45, 7) is 9.61. The van der Waals surface area contributed by atoms with Crippen LogP contribution >= 0.6 is 0 Å². The van der Waals surface area contributed by atoms with Gasteiger partial charge in [-0.2, -0.15) is 0 Å². The average Bonchev–Trinajstić information content (AvgIpc) is 2.47. The molecule has 0 aliphatic heterocycles. The summed E-state index contributed by atoms with van der Waals surface area (Å²) in [6, 6.07) is 8.79. The smallest absolute Gasteiger partial charge is 0.0720 e. The predicted octanol–water partition coefficient (Wildman–Crippen LogP) is 4.53. The van der Waals surface area contributed by atoms with Crippen molar-refractivity contribution in [2.75, 3.05) is 6.54 Å². The molecule has 0 saturated heterocycles. The highest BCUT2D eigenvalue weighted by atomic mass is 16.5. The number of hydrogen-bond donors (Lipinski definition) is 1. The summed E-state index contributed by atoms with van der Waals surface area (Å²) in [5.74, 6) is 1.59. The van der Waals surface area contributed by atoms with Crippen LogP contribution in [0.15, 0.2) is 24.3 Å². The molecule has 0 heterocycles. The van der Waals surface area contributed by atoms with E-state index in [9.17, 15) is 0 Å². The summed E-state index contributed by atoms with van der Waals surface area (Å²) in [6.07, 6.45) is 5.59. The molecule has 2 heteroatoms. The van der Waals surface area contributed by atoms with Gasteiger partial charge in [0, 0.05) is 6.54 Å². The Bertz CT molecular complexity index is 408. The molecule has 1 saturated carbocycles. The van der Waals surface area contributed by atoms with Crippen molar-refractivity contribution in [2.24, 2.45) is 11.8 Å². The van der Waals surface area contributed by atoms with E-state index in [2.05, 4.69) is 50.4 Å². The first-order chi connectivity index (χ1) is 10.1. The molecular formula is C19H31NO. The van der Waals surface area contributed by atoms with E-state index in [1.165, 1.54) is 36.8 Å². The van der Waals surface area contributed by atoms with Gasteiger partial charge >= 0.3 is 0 Å². The lowest BCUT2D eigenvalue weighted by Crippen LogP contribution is -2.20. The second-order valence-electron chi connectivity index (χ2n) is 7.04. The number of nitrogens with one attached hydrogen (secondary N) is 1. The lowest BCUT2D eigenvalue weighted by molar-refractivity contribution is 0.00875. The van der Waals surface area contributed by atoms with Gasteiger partial charge < -0.3 is 10.1 Å². The Kier molecular flexibility index (Phi) is 6.72. The Balaban J connectivity index is 1.75. The second-order valence-corrected chi connectivity index (χ2v) is 7.04. The maximum Gasteiger partial charge on any atom is 0.0720 e. The Morgan fingerprint density at radius 3 is 2.57 bits per heavy atom. The molecule has 1 aliphatic carbocycles. The SMILES string of the molecule is CC(C)CNCc1cccc(COC2CCC(C)CC2)c1. The third-order valence-electron chi connectivity index (χ3n) is 4.32. The summed E-state index contributed by atoms with van der Waals surface area (Å²) in [5, 5.41) is 3.50. The van der Waals surface area contributed by atoms with E-state index in [-0.39, 0.29) is 0 Å². The van der Waals surface area contributed by atoms with Crippen LogP contribution in [-0.4, -0.2) is 12.6 Å². The first-order valence-electron chi connectivity index (χ1n) is 8.53. The Hall–Kier alpha value is -0.860. The van der Waals surface area contributed by atoms with E-state index < -0.39 is 0 Å². The van der Waals surface area contributed by atoms with E-state index in [4.69, 9.17) is 4.74 Å². The fourth-order valence-electron chi connectivity index (χ4n) is 2.94. The molecule has 2 rings (SSSR count). The maximum absolute atomic E-state index is 6.09. The lowest BCUT2D eigenvalue weighted by Gasteiger charge is -2.26. The highest BCUT2D eigenvalue weighted by Crippen LogP contribution is 2.26. The molecule has 0 amide bonds. The molecule has 118 valence electrons. The zero-order chi connectivity index (χ0) is 15.1. The van der Waals surface area contributed by atoms with Crippen LogP contribution in [0.5, 0.6) is 0 Å². The van der Waals surface area contributed by atoms with Gasteiger partial charge in [-0.15, -0.1) is 0 Å². The highest BCUT2D eigenvalue weighted by Gasteiger charge is 2.18. The van der Waals surface area contributed by atoms with Crippen molar-refractivity contribution in [2.45, 2.75) is 65.7 Å². The molecule has 0 radical (unpaired) electrons. The minimum atomic E-state index is 0.476. The summed E-state index contributed by atoms with van der Waals surface area (Å²) in [7, 11) is 0. The second kappa shape index (κ2) is 8.55. The lowest BCUT2D eigenvalue weighted by atomic mass is 9.89. The molecule has 0 spiro atoms. The van der Waals surface area contributed by atoms with Gasteiger partial charge in [-0.25, -0.2) is 0 Å². The third-order valence-corrected chi connectivity index (χ3v) is 4.32. The van der Waals surface area contributed by atoms with Crippen molar-refractivity contribution in [3.05, 3.63) is 35.4 Å². The molecule has 2 nitrogen and oxygen atoms in total. The van der Waals surface area contributed by atoms with E-state index in [0.717, 1.165) is 25.6 Å². The fraction of sp³-hybridized carbons (Fsp3) is 0.684. The van der Waals surface area contributed by atoms with E-state index in [1.807, 2.05) is 0 Å². The van der Waals surface area contributed by atoms with Crippen LogP contribution in [0, 0.1) is 11.8 Å². The van der Waals surface area contributed by atoms with Crippen molar-refractivity contribution >= 4 is 0 Å². The monoisotopic (exact) mass is 289 g/mol. The topological polar surface area (TPSA) is 21.3 Å². The van der Waals surface area contributed by atoms with Gasteiger partial charge in [0.15, 0.2) is 0 Å². The van der Waals surface area contributed by atoms with Crippen LogP contribution in [0.1, 0.15) is 57.6 Å². The molecule has 1 aromatic rings. The van der Waals surface area contributed by atoms with Crippen LogP contribution in [-0.2, 0) is 17.9 Å². The first-order valence-corrected chi connectivity index (χ1v) is 8.53. The van der Waals surface area contributed by atoms with Gasteiger partial charge in [0.05, 0.1) is 12.7 Å². The molecule has 1 fully saturated rings. The number of ether oxygens (including phenoxy) is 1. The third kappa shape index (κ3) is 6.19. The van der Waals surface area contributed by atoms with Gasteiger partial charge in [-0.1, -0.05) is 45.0 Å². The molecule has 1 aliphatic rings. The molecule has 1 N–H and O–H groups in total. The molecular weight excluding hydrogens is 258 g/mol. The van der Waals surface area contributed by atoms with Crippen LogP contribution in [0.25, 0.3) is 0 Å². The summed E-state index contributed by atoms with van der Waals surface area (Å²) in [4.78, 5) is 0. The number of hydrogen-bond acceptors (Lipinski definition) is 2. The minimum absolute atomic E-state index is 0.476. The van der Waals surface area contributed by atoms with Crippen molar-refractivity contribution in [1.82, 2.24) is 5.32 Å². The fourth-order valence-corrected chi connectivity index (χ4v) is 2.94. The molecule has 0 bridgehead atoms. The highest BCUT2D eigenvalue weighted by molar-refractivity contribution is 5.22. The van der Waals surface area contributed by atoms with Gasteiger partial charge in [0.25, 0.3) is 0 Å². The Morgan fingerprint density at radius 2 is 1.86 bits per heavy atom. The molecule has 0 unspecified atom stereocenters. The van der Waals surface area contributed by atoms with E-state index >= 15 is 0 Å². The summed E-state index contributed by atoms with van der Waals surface area (Å²) < 4.78 is 6.09. The van der Waals surface area contributed by atoms with Gasteiger partial charge in [0.1, 0.15) is 0 Å². The van der Waals surface area contributed by atoms with Crippen LogP contribution in [0.4, 0.5) is 0 Å². The Labute approximate surface area is 130 Å². The van der Waals surface area contributed by atoms with Crippen molar-refractivity contribution < 1.29 is 4.74 Å². The predicted molar refractivity (Wildman–Crippen MR) is 89.2 cm³/mol. The van der Waals surface area contributed by atoms with Gasteiger partial charge in [0.2, 0.25) is 0 Å². The van der Waals surface area contributed by atoms with Crippen molar-refractivity contribution in [3.63, 3.8) is 0 Å². The van der Waals surface area contributed by atoms with E-state index in [0.29, 0.717) is 12.0 Å². The van der Waals surface area contributed by atoms with Crippen molar-refractivity contribution in [3.8, 4) is 0 Å². The molecule has 21 heavy (non-hydrogen) atoms. The zero-order valence-corrected chi connectivity index (χ0v) is 13.9. The zero-order valence-electron chi connectivity index (χ0n) is 13.9. The van der Waals surface area contributed by atoms with E-state index in [1.54, 1.807) is 0 Å². The number of benzene rings is 1. The van der Waals surface area contributed by atoms with Gasteiger partial charge in [-0.05, 0) is 55.2 Å².